The number of nitrogens with zero attached hydrogens (tertiary/aromatic N) is 1. The minimum Gasteiger partial charge on any atom is -0.493 e. The van der Waals surface area contributed by atoms with Crippen LogP contribution >= 0.6 is 7.60 Å². The van der Waals surface area contributed by atoms with E-state index in [1.165, 1.54) is 28.4 Å². The lowest BCUT2D eigenvalue weighted by Crippen LogP contribution is -2.54. The second kappa shape index (κ2) is 7.60. The maximum Gasteiger partial charge on any atom is 0.377 e. The summed E-state index contributed by atoms with van der Waals surface area (Å²) < 4.78 is 34.3. The van der Waals surface area contributed by atoms with Crippen molar-refractivity contribution in [3.8, 4) is 11.5 Å². The van der Waals surface area contributed by atoms with E-state index in [1.54, 1.807) is 42.5 Å². The predicted molar refractivity (Wildman–Crippen MR) is 112 cm³/mol. The van der Waals surface area contributed by atoms with Crippen LogP contribution in [-0.4, -0.2) is 51.0 Å². The van der Waals surface area contributed by atoms with Crippen molar-refractivity contribution >= 4 is 24.6 Å². The van der Waals surface area contributed by atoms with E-state index in [2.05, 4.69) is 10.5 Å². The van der Waals surface area contributed by atoms with E-state index < -0.39 is 30.6 Å². The van der Waals surface area contributed by atoms with E-state index in [0.29, 0.717) is 17.1 Å². The molecule has 9 nitrogen and oxygen atoms in total. The number of carbonyl (C=O) groups excluding carboxylic acids is 2. The molecule has 2 aromatic rings. The van der Waals surface area contributed by atoms with Crippen LogP contribution in [0.4, 0.5) is 0 Å². The van der Waals surface area contributed by atoms with Crippen LogP contribution in [0, 0.1) is 0 Å². The Morgan fingerprint density at radius 2 is 1.48 bits per heavy atom. The van der Waals surface area contributed by atoms with Gasteiger partial charge in [-0.15, -0.1) is 0 Å². The third-order valence-electron chi connectivity index (χ3n) is 5.67. The van der Waals surface area contributed by atoms with Crippen molar-refractivity contribution in [1.29, 1.82) is 0 Å². The summed E-state index contributed by atoms with van der Waals surface area (Å²) in [4.78, 5) is 27.1. The second-order valence-electron chi connectivity index (χ2n) is 7.00. The van der Waals surface area contributed by atoms with E-state index in [4.69, 9.17) is 18.5 Å². The van der Waals surface area contributed by atoms with Crippen molar-refractivity contribution in [2.75, 3.05) is 28.4 Å². The van der Waals surface area contributed by atoms with Crippen LogP contribution in [0.25, 0.3) is 0 Å². The molecule has 10 heteroatoms. The Hall–Kier alpha value is -3.00. The van der Waals surface area contributed by atoms with Gasteiger partial charge < -0.3 is 18.5 Å². The number of nitrogens with one attached hydrogen (secondary N) is 1. The van der Waals surface area contributed by atoms with Crippen molar-refractivity contribution < 1.29 is 32.7 Å². The standard InChI is InChI=1S/C21H21N2O7P/c1-27-15-10-9-12(11-16(15)28-2)17-20(31(26,29-3)30-4)22-23-21(17)18(24)13-7-5-6-8-14(13)19(21)25/h5-11,17,23H,1-4H3. The average Bonchev–Trinajstić information content (AvgIpc) is 3.32. The summed E-state index contributed by atoms with van der Waals surface area (Å²) in [6, 6.07) is 11.5. The van der Waals surface area contributed by atoms with Gasteiger partial charge >= 0.3 is 7.60 Å². The SMILES string of the molecule is COc1ccc(C2C(P(=O)(OC)OC)=NNC23C(=O)c2ccccc2C3=O)cc1OC. The fourth-order valence-electron chi connectivity index (χ4n) is 4.15. The van der Waals surface area contributed by atoms with Crippen molar-refractivity contribution in [2.24, 2.45) is 5.10 Å². The van der Waals surface area contributed by atoms with Crippen LogP contribution in [0.5, 0.6) is 11.5 Å². The van der Waals surface area contributed by atoms with Crippen LogP contribution in [0.2, 0.25) is 0 Å². The van der Waals surface area contributed by atoms with Gasteiger partial charge in [-0.05, 0) is 17.7 Å². The van der Waals surface area contributed by atoms with Crippen molar-refractivity contribution in [2.45, 2.75) is 11.5 Å². The smallest absolute Gasteiger partial charge is 0.377 e. The maximum atomic E-state index is 13.6. The molecule has 0 amide bonds. The maximum absolute atomic E-state index is 13.6. The molecule has 1 heterocycles. The topological polar surface area (TPSA) is 113 Å². The largest absolute Gasteiger partial charge is 0.493 e. The first kappa shape index (κ1) is 21.2. The molecule has 1 aliphatic carbocycles. The van der Waals surface area contributed by atoms with E-state index in [0.717, 1.165) is 0 Å². The molecule has 1 atom stereocenters. The molecule has 0 fully saturated rings. The second-order valence-corrected chi connectivity index (χ2v) is 9.19. The quantitative estimate of drug-likeness (QED) is 0.535. The van der Waals surface area contributed by atoms with E-state index in [9.17, 15) is 14.2 Å². The third kappa shape index (κ3) is 2.85. The molecule has 1 aliphatic heterocycles. The van der Waals surface area contributed by atoms with Crippen LogP contribution < -0.4 is 14.9 Å². The van der Waals surface area contributed by atoms with Crippen molar-refractivity contribution in [3.05, 3.63) is 59.2 Å². The molecular formula is C21H21N2O7P. The van der Waals surface area contributed by atoms with Crippen LogP contribution in [-0.2, 0) is 13.6 Å². The minimum absolute atomic E-state index is 0.0702. The minimum atomic E-state index is -3.91. The van der Waals surface area contributed by atoms with Gasteiger partial charge in [0, 0.05) is 25.3 Å². The molecule has 1 unspecified atom stereocenters. The number of methoxy groups -OCH3 is 2. The zero-order valence-electron chi connectivity index (χ0n) is 17.4. The number of rotatable bonds is 6. The van der Waals surface area contributed by atoms with E-state index >= 15 is 0 Å². The molecule has 0 bridgehead atoms. The lowest BCUT2D eigenvalue weighted by atomic mass is 9.77. The first-order chi connectivity index (χ1) is 14.9. The molecule has 2 aliphatic rings. The summed E-state index contributed by atoms with van der Waals surface area (Å²) >= 11 is 0. The normalized spacial score (nSPS) is 19.2. The van der Waals surface area contributed by atoms with Crippen LogP contribution in [0.3, 0.4) is 0 Å². The number of ketones is 2. The molecule has 0 radical (unpaired) electrons. The fourth-order valence-corrected chi connectivity index (χ4v) is 5.51. The summed E-state index contributed by atoms with van der Waals surface area (Å²) in [7, 11) is 1.49. The van der Waals surface area contributed by atoms with E-state index in [-0.39, 0.29) is 16.6 Å². The third-order valence-corrected chi connectivity index (χ3v) is 7.55. The van der Waals surface area contributed by atoms with Gasteiger partial charge in [-0.3, -0.25) is 19.6 Å². The number of Topliss-reactive ketones (excluding diaryl/α,β-unsaturated/α-hetero) is 2. The van der Waals surface area contributed by atoms with E-state index in [1.807, 2.05) is 0 Å². The molecule has 2 aromatic carbocycles. The highest BCUT2D eigenvalue weighted by atomic mass is 31.2. The van der Waals surface area contributed by atoms with Crippen molar-refractivity contribution in [1.82, 2.24) is 5.43 Å². The molecule has 31 heavy (non-hydrogen) atoms. The molecule has 162 valence electrons. The molecule has 1 N–H and O–H groups in total. The Balaban J connectivity index is 1.96. The number of benzene rings is 2. The highest BCUT2D eigenvalue weighted by Crippen LogP contribution is 2.58. The summed E-state index contributed by atoms with van der Waals surface area (Å²) in [6.45, 7) is 0. The summed E-state index contributed by atoms with van der Waals surface area (Å²) in [5, 5.41) is 4.16. The Morgan fingerprint density at radius 3 is 2.00 bits per heavy atom. The summed E-state index contributed by atoms with van der Waals surface area (Å²) in [5.74, 6) is -1.17. The van der Waals surface area contributed by atoms with Gasteiger partial charge in [0.15, 0.2) is 34.1 Å². The zero-order chi connectivity index (χ0) is 22.4. The van der Waals surface area contributed by atoms with Gasteiger partial charge in [-0.25, -0.2) is 0 Å². The molecular weight excluding hydrogens is 423 g/mol. The molecule has 1 spiro atoms. The monoisotopic (exact) mass is 444 g/mol. The van der Waals surface area contributed by atoms with Gasteiger partial charge in [-0.2, -0.15) is 5.10 Å². The Labute approximate surface area is 178 Å². The summed E-state index contributed by atoms with van der Waals surface area (Å²) in [6.07, 6.45) is 0. The van der Waals surface area contributed by atoms with Gasteiger partial charge in [0.2, 0.25) is 0 Å². The predicted octanol–water partition coefficient (Wildman–Crippen LogP) is 3.01. The highest BCUT2D eigenvalue weighted by molar-refractivity contribution is 7.72. The lowest BCUT2D eigenvalue weighted by molar-refractivity contribution is 0.0761. The van der Waals surface area contributed by atoms with Gasteiger partial charge in [-0.1, -0.05) is 30.3 Å². The van der Waals surface area contributed by atoms with Crippen molar-refractivity contribution in [3.63, 3.8) is 0 Å². The average molecular weight is 444 g/mol. The summed E-state index contributed by atoms with van der Waals surface area (Å²) in [5.41, 5.74) is 1.82. The molecule has 0 saturated heterocycles. The Bertz CT molecular complexity index is 1120. The van der Waals surface area contributed by atoms with Crippen LogP contribution in [0.15, 0.2) is 47.6 Å². The van der Waals surface area contributed by atoms with Gasteiger partial charge in [0.05, 0.1) is 20.1 Å². The number of fused-ring (bicyclic) bond motifs is 1. The first-order valence-corrected chi connectivity index (χ1v) is 10.9. The van der Waals surface area contributed by atoms with Gasteiger partial charge in [0.1, 0.15) is 0 Å². The number of ether oxygens (including phenoxy) is 2. The van der Waals surface area contributed by atoms with Gasteiger partial charge in [0.25, 0.3) is 0 Å². The fraction of sp³-hybridized carbons (Fsp3) is 0.286. The number of carbonyl (C=O) groups is 2. The zero-order valence-corrected chi connectivity index (χ0v) is 18.3. The number of hydrogen-bond acceptors (Lipinski definition) is 9. The first-order valence-electron chi connectivity index (χ1n) is 9.35. The molecule has 0 aromatic heterocycles. The highest BCUT2D eigenvalue weighted by Gasteiger charge is 2.65. The molecule has 4 rings (SSSR count). The Kier molecular flexibility index (Phi) is 5.21. The Morgan fingerprint density at radius 1 is 0.903 bits per heavy atom. The van der Waals surface area contributed by atoms with Crippen LogP contribution in [0.1, 0.15) is 32.2 Å². The molecule has 0 saturated carbocycles. The number of hydrogen-bond donors (Lipinski definition) is 1. The number of hydrazone groups is 1. The lowest BCUT2D eigenvalue weighted by Gasteiger charge is -2.30.